The summed E-state index contributed by atoms with van der Waals surface area (Å²) in [6.07, 6.45) is 10.3. The van der Waals surface area contributed by atoms with Crippen LogP contribution in [0.4, 0.5) is 5.69 Å². The maximum Gasteiger partial charge on any atom is 0.168 e. The van der Waals surface area contributed by atoms with E-state index in [1.54, 1.807) is 7.11 Å². The second kappa shape index (κ2) is 23.8. The molecule has 0 saturated heterocycles. The number of aliphatic hydroxyl groups excluding tert-OH is 1. The zero-order valence-corrected chi connectivity index (χ0v) is 38.0. The van der Waals surface area contributed by atoms with Crippen molar-refractivity contribution in [1.82, 2.24) is 0 Å². The molecule has 1 N–H and O–H groups in total. The molecule has 58 heavy (non-hydrogen) atoms. The van der Waals surface area contributed by atoms with Crippen molar-refractivity contribution in [3.8, 4) is 17.2 Å². The number of nitrogens with zero attached hydrogens (tertiary/aromatic N) is 1. The Morgan fingerprint density at radius 2 is 1.52 bits per heavy atom. The lowest BCUT2D eigenvalue weighted by Crippen LogP contribution is -2.33. The summed E-state index contributed by atoms with van der Waals surface area (Å²) in [5.74, 6) is 3.59. The van der Waals surface area contributed by atoms with E-state index >= 15 is 0 Å². The molecule has 1 aliphatic rings. The summed E-state index contributed by atoms with van der Waals surface area (Å²) in [4.78, 5) is 32.0. The van der Waals surface area contributed by atoms with Gasteiger partial charge in [0.15, 0.2) is 23.1 Å². The fourth-order valence-corrected chi connectivity index (χ4v) is 8.11. The fourth-order valence-electron chi connectivity index (χ4n) is 8.11. The zero-order chi connectivity index (χ0) is 43.1. The highest BCUT2D eigenvalue weighted by molar-refractivity contribution is 6.03. The number of carbonyl (C=O) groups is 2. The fraction of sp³-hybridized carbons (Fsp3) is 0.627. The SMILES string of the molecule is C=C(CC)CC1C=Nc2cc(OCCCCCOc3cc(C)c(C(=O)CCCC(CC(=C)CC)C(O)C(C)C(C)C(C)C)cc3OC)c(CC)cc2C(=O)C(C)C1C. The van der Waals surface area contributed by atoms with Gasteiger partial charge in [-0.05, 0) is 130 Å². The molecule has 322 valence electrons. The van der Waals surface area contributed by atoms with Gasteiger partial charge in [-0.1, -0.05) is 86.6 Å². The number of aryl methyl sites for hydroxylation is 2. The third-order valence-corrected chi connectivity index (χ3v) is 13.2. The number of aliphatic imine (C=N–C) groups is 1. The number of ether oxygens (including phenoxy) is 3. The van der Waals surface area contributed by atoms with Gasteiger partial charge in [0.2, 0.25) is 0 Å². The van der Waals surface area contributed by atoms with E-state index in [1.807, 2.05) is 44.3 Å². The minimum absolute atomic E-state index is 0.0785. The van der Waals surface area contributed by atoms with Crippen LogP contribution in [0.1, 0.15) is 158 Å². The highest BCUT2D eigenvalue weighted by Gasteiger charge is 2.32. The molecule has 0 aliphatic carbocycles. The first-order valence-corrected chi connectivity index (χ1v) is 22.3. The van der Waals surface area contributed by atoms with E-state index in [4.69, 9.17) is 19.2 Å². The second-order valence-corrected chi connectivity index (χ2v) is 17.5. The minimum Gasteiger partial charge on any atom is -0.493 e. The third-order valence-electron chi connectivity index (χ3n) is 13.2. The van der Waals surface area contributed by atoms with Crippen molar-refractivity contribution >= 4 is 23.5 Å². The molecule has 7 unspecified atom stereocenters. The summed E-state index contributed by atoms with van der Waals surface area (Å²) in [5, 5.41) is 11.4. The van der Waals surface area contributed by atoms with Gasteiger partial charge in [0.05, 0.1) is 32.1 Å². The molecule has 0 bridgehead atoms. The van der Waals surface area contributed by atoms with E-state index in [-0.39, 0.29) is 41.2 Å². The van der Waals surface area contributed by atoms with Gasteiger partial charge in [0, 0.05) is 41.7 Å². The molecule has 1 aliphatic heterocycles. The van der Waals surface area contributed by atoms with Gasteiger partial charge in [-0.2, -0.15) is 0 Å². The van der Waals surface area contributed by atoms with Crippen LogP contribution in [0.3, 0.4) is 0 Å². The molecule has 2 aromatic rings. The van der Waals surface area contributed by atoms with Gasteiger partial charge in [0.1, 0.15) is 5.75 Å². The average molecular weight is 800 g/mol. The first-order chi connectivity index (χ1) is 27.6. The standard InChI is InChI=1S/C51H77NO6/c1-14-33(6)25-41(50(54)38(11)36(9)32(4)5)21-20-22-46(53)43-29-48(56-13)49(27-35(43)8)58-24-19-17-18-23-57-47-30-45-44(28-40(47)16-3)51(55)39(12)37(10)42(31-52-45)26-34(7)15-2/h27-32,36-39,41-42,50,54H,6-7,14-26H2,1-5,8-13H3. The zero-order valence-electron chi connectivity index (χ0n) is 38.0. The van der Waals surface area contributed by atoms with Crippen LogP contribution in [0.2, 0.25) is 0 Å². The molecule has 0 aromatic heterocycles. The Bertz CT molecular complexity index is 1710. The molecule has 0 fully saturated rings. The number of carbonyl (C=O) groups excluding carboxylic acids is 2. The van der Waals surface area contributed by atoms with Crippen LogP contribution in [0, 0.1) is 48.3 Å². The molecule has 1 heterocycles. The number of allylic oxidation sites excluding steroid dienone is 2. The summed E-state index contributed by atoms with van der Waals surface area (Å²) in [5.41, 5.74) is 6.24. The van der Waals surface area contributed by atoms with Crippen molar-refractivity contribution in [3.63, 3.8) is 0 Å². The Morgan fingerprint density at radius 1 is 0.862 bits per heavy atom. The molecule has 7 nitrogen and oxygen atoms in total. The van der Waals surface area contributed by atoms with Crippen LogP contribution in [0.15, 0.2) is 53.6 Å². The van der Waals surface area contributed by atoms with E-state index in [9.17, 15) is 14.7 Å². The molecule has 7 atom stereocenters. The monoisotopic (exact) mass is 800 g/mol. The summed E-state index contributed by atoms with van der Waals surface area (Å²) < 4.78 is 18.2. The molecular formula is C51H77NO6. The summed E-state index contributed by atoms with van der Waals surface area (Å²) in [7, 11) is 1.60. The van der Waals surface area contributed by atoms with Crippen molar-refractivity contribution in [1.29, 1.82) is 0 Å². The van der Waals surface area contributed by atoms with Crippen LogP contribution in [0.5, 0.6) is 17.2 Å². The van der Waals surface area contributed by atoms with Gasteiger partial charge in [0.25, 0.3) is 0 Å². The van der Waals surface area contributed by atoms with Crippen LogP contribution in [0.25, 0.3) is 0 Å². The Hall–Kier alpha value is -3.71. The third kappa shape index (κ3) is 13.4. The largest absolute Gasteiger partial charge is 0.493 e. The van der Waals surface area contributed by atoms with E-state index in [1.165, 1.54) is 5.57 Å². The number of unbranched alkanes of at least 4 members (excludes halogenated alkanes) is 2. The first kappa shape index (κ1) is 48.7. The van der Waals surface area contributed by atoms with E-state index < -0.39 is 6.10 Å². The lowest BCUT2D eigenvalue weighted by molar-refractivity contribution is 0.0203. The van der Waals surface area contributed by atoms with Crippen molar-refractivity contribution in [3.05, 3.63) is 70.8 Å². The predicted molar refractivity (Wildman–Crippen MR) is 242 cm³/mol. The number of Topliss-reactive ketones (excluding diaryl/α,β-unsaturated/α-hetero) is 2. The van der Waals surface area contributed by atoms with Gasteiger partial charge >= 0.3 is 0 Å². The number of ketones is 2. The highest BCUT2D eigenvalue weighted by Crippen LogP contribution is 2.38. The Kier molecular flexibility index (Phi) is 19.9. The maximum absolute atomic E-state index is 13.6. The van der Waals surface area contributed by atoms with Crippen LogP contribution in [-0.2, 0) is 6.42 Å². The lowest BCUT2D eigenvalue weighted by Gasteiger charge is -2.33. The van der Waals surface area contributed by atoms with Crippen LogP contribution >= 0.6 is 0 Å². The smallest absolute Gasteiger partial charge is 0.168 e. The molecule has 0 amide bonds. The topological polar surface area (TPSA) is 94.4 Å². The molecular weight excluding hydrogens is 723 g/mol. The van der Waals surface area contributed by atoms with Crippen LogP contribution < -0.4 is 14.2 Å². The number of hydrogen-bond acceptors (Lipinski definition) is 7. The summed E-state index contributed by atoms with van der Waals surface area (Å²) >= 11 is 0. The van der Waals surface area contributed by atoms with Gasteiger partial charge in [-0.3, -0.25) is 14.6 Å². The molecule has 7 heteroatoms. The van der Waals surface area contributed by atoms with Gasteiger partial charge in [-0.15, -0.1) is 0 Å². The number of benzene rings is 2. The van der Waals surface area contributed by atoms with Crippen molar-refractivity contribution in [2.45, 2.75) is 146 Å². The Morgan fingerprint density at radius 3 is 2.12 bits per heavy atom. The maximum atomic E-state index is 13.6. The predicted octanol–water partition coefficient (Wildman–Crippen LogP) is 13.0. The number of rotatable bonds is 25. The average Bonchev–Trinajstić information content (AvgIpc) is 3.21. The molecule has 3 rings (SSSR count). The number of methoxy groups -OCH3 is 1. The molecule has 0 saturated carbocycles. The lowest BCUT2D eigenvalue weighted by atomic mass is 9.75. The Labute approximate surface area is 352 Å². The highest BCUT2D eigenvalue weighted by atomic mass is 16.5. The number of hydrogen-bond donors (Lipinski definition) is 1. The molecule has 2 aromatic carbocycles. The first-order valence-electron chi connectivity index (χ1n) is 22.3. The van der Waals surface area contributed by atoms with Crippen LogP contribution in [-0.4, -0.2) is 49.3 Å². The van der Waals surface area contributed by atoms with Crippen molar-refractivity contribution < 1.29 is 28.9 Å². The van der Waals surface area contributed by atoms with Crippen molar-refractivity contribution in [2.75, 3.05) is 20.3 Å². The van der Waals surface area contributed by atoms with Gasteiger partial charge in [-0.25, -0.2) is 0 Å². The quantitative estimate of drug-likeness (QED) is 0.0610. The molecule has 0 radical (unpaired) electrons. The van der Waals surface area contributed by atoms with E-state index in [0.717, 1.165) is 80.2 Å². The normalized spacial score (nSPS) is 18.8. The van der Waals surface area contributed by atoms with Gasteiger partial charge < -0.3 is 19.3 Å². The minimum atomic E-state index is -0.430. The molecule has 0 spiro atoms. The number of aliphatic hydroxyl groups is 1. The Balaban J connectivity index is 1.55. The van der Waals surface area contributed by atoms with Crippen molar-refractivity contribution in [2.24, 2.45) is 46.4 Å². The van der Waals surface area contributed by atoms with E-state index in [2.05, 4.69) is 68.5 Å². The summed E-state index contributed by atoms with van der Waals surface area (Å²) in [6, 6.07) is 7.66. The second-order valence-electron chi connectivity index (χ2n) is 17.5. The number of fused-ring (bicyclic) bond motifs is 1. The van der Waals surface area contributed by atoms with E-state index in [0.29, 0.717) is 66.2 Å². The summed E-state index contributed by atoms with van der Waals surface area (Å²) in [6.45, 7) is 30.8.